The molecule has 0 atom stereocenters. The van der Waals surface area contributed by atoms with Crippen LogP contribution in [0.3, 0.4) is 0 Å². The number of aromatic amines is 1. The summed E-state index contributed by atoms with van der Waals surface area (Å²) in [6.45, 7) is 2.02. The third-order valence-electron chi connectivity index (χ3n) is 3.19. The van der Waals surface area contributed by atoms with Crippen molar-refractivity contribution < 1.29 is 4.39 Å². The number of benzene rings is 2. The Bertz CT molecular complexity index is 852. The van der Waals surface area contributed by atoms with Crippen molar-refractivity contribution in [2.24, 2.45) is 0 Å². The summed E-state index contributed by atoms with van der Waals surface area (Å²) in [4.78, 5) is 0. The summed E-state index contributed by atoms with van der Waals surface area (Å²) >= 11 is 8.83. The van der Waals surface area contributed by atoms with E-state index in [1.807, 2.05) is 29.7 Å². The molecule has 106 valence electrons. The molecule has 3 aromatic rings. The van der Waals surface area contributed by atoms with Crippen molar-refractivity contribution >= 4 is 28.1 Å². The second-order valence-electron chi connectivity index (χ2n) is 4.63. The van der Waals surface area contributed by atoms with Crippen LogP contribution < -0.4 is 0 Å². The lowest BCUT2D eigenvalue weighted by molar-refractivity contribution is 0.628. The highest BCUT2D eigenvalue weighted by Crippen LogP contribution is 2.25. The van der Waals surface area contributed by atoms with E-state index in [2.05, 4.69) is 26.1 Å². The highest BCUT2D eigenvalue weighted by atomic mass is 79.9. The molecule has 1 aromatic heterocycles. The van der Waals surface area contributed by atoms with Gasteiger partial charge in [0.15, 0.2) is 10.6 Å². The van der Waals surface area contributed by atoms with Gasteiger partial charge in [-0.25, -0.2) is 4.39 Å². The molecule has 0 bridgehead atoms. The Morgan fingerprint density at radius 2 is 1.90 bits per heavy atom. The summed E-state index contributed by atoms with van der Waals surface area (Å²) < 4.78 is 16.4. The highest BCUT2D eigenvalue weighted by molar-refractivity contribution is 9.10. The van der Waals surface area contributed by atoms with Gasteiger partial charge >= 0.3 is 0 Å². The lowest BCUT2D eigenvalue weighted by Gasteiger charge is -2.08. The van der Waals surface area contributed by atoms with E-state index in [1.165, 1.54) is 12.1 Å². The number of aromatic nitrogens is 3. The zero-order valence-corrected chi connectivity index (χ0v) is 13.5. The summed E-state index contributed by atoms with van der Waals surface area (Å²) in [6, 6.07) is 12.1. The Morgan fingerprint density at radius 1 is 1.19 bits per heavy atom. The number of halogens is 2. The van der Waals surface area contributed by atoms with Gasteiger partial charge in [-0.2, -0.15) is 5.10 Å². The monoisotopic (exact) mass is 363 g/mol. The van der Waals surface area contributed by atoms with E-state index in [0.717, 1.165) is 21.3 Å². The Hall–Kier alpha value is -1.79. The van der Waals surface area contributed by atoms with Crippen LogP contribution in [-0.2, 0) is 0 Å². The molecule has 0 aliphatic heterocycles. The molecule has 0 aliphatic rings. The minimum atomic E-state index is -0.280. The molecule has 0 unspecified atom stereocenters. The fraction of sp³-hybridized carbons (Fsp3) is 0.0667. The average Bonchev–Trinajstić information content (AvgIpc) is 2.85. The largest absolute Gasteiger partial charge is 0.268 e. The summed E-state index contributed by atoms with van der Waals surface area (Å²) in [5.41, 5.74) is 2.82. The van der Waals surface area contributed by atoms with Gasteiger partial charge < -0.3 is 0 Å². The first kappa shape index (κ1) is 14.2. The van der Waals surface area contributed by atoms with Crippen LogP contribution in [0.4, 0.5) is 4.39 Å². The summed E-state index contributed by atoms with van der Waals surface area (Å²) in [5, 5.41) is 7.04. The van der Waals surface area contributed by atoms with Crippen LogP contribution in [0.1, 0.15) is 5.56 Å². The fourth-order valence-electron chi connectivity index (χ4n) is 2.05. The lowest BCUT2D eigenvalue weighted by atomic mass is 10.2. The highest BCUT2D eigenvalue weighted by Gasteiger charge is 2.11. The van der Waals surface area contributed by atoms with Gasteiger partial charge in [-0.1, -0.05) is 22.0 Å². The van der Waals surface area contributed by atoms with Crippen molar-refractivity contribution in [3.8, 4) is 17.1 Å². The quantitative estimate of drug-likeness (QED) is 0.663. The molecule has 21 heavy (non-hydrogen) atoms. The number of hydrogen-bond donors (Lipinski definition) is 1. The molecule has 3 rings (SSSR count). The smallest absolute Gasteiger partial charge is 0.200 e. The summed E-state index contributed by atoms with van der Waals surface area (Å²) in [7, 11) is 0. The van der Waals surface area contributed by atoms with E-state index < -0.39 is 0 Å². The van der Waals surface area contributed by atoms with Gasteiger partial charge in [-0.05, 0) is 61.1 Å². The Balaban J connectivity index is 2.19. The van der Waals surface area contributed by atoms with Crippen molar-refractivity contribution in [2.45, 2.75) is 6.92 Å². The summed E-state index contributed by atoms with van der Waals surface area (Å²) in [5.74, 6) is 0.369. The molecule has 0 saturated carbocycles. The summed E-state index contributed by atoms with van der Waals surface area (Å²) in [6.07, 6.45) is 0. The number of H-pyrrole nitrogens is 1. The van der Waals surface area contributed by atoms with Crippen molar-refractivity contribution in [1.82, 2.24) is 14.8 Å². The molecule has 0 fully saturated rings. The normalized spacial score (nSPS) is 10.8. The van der Waals surface area contributed by atoms with Gasteiger partial charge in [0.25, 0.3) is 0 Å². The van der Waals surface area contributed by atoms with Crippen molar-refractivity contribution in [1.29, 1.82) is 0 Å². The molecule has 6 heteroatoms. The zero-order valence-electron chi connectivity index (χ0n) is 11.1. The maximum Gasteiger partial charge on any atom is 0.200 e. The van der Waals surface area contributed by atoms with Crippen molar-refractivity contribution in [2.75, 3.05) is 0 Å². The van der Waals surface area contributed by atoms with Gasteiger partial charge in [-0.3, -0.25) is 9.67 Å². The molecule has 0 spiro atoms. The number of rotatable bonds is 2. The molecule has 0 amide bonds. The SMILES string of the molecule is Cc1ccc(-n2c(-c3ccc(F)cc3)n[nH]c2=S)cc1Br. The van der Waals surface area contributed by atoms with Crippen LogP contribution in [0.15, 0.2) is 46.9 Å². The molecule has 2 aromatic carbocycles. The van der Waals surface area contributed by atoms with Crippen molar-refractivity contribution in [3.63, 3.8) is 0 Å². The van der Waals surface area contributed by atoms with Crippen LogP contribution in [-0.4, -0.2) is 14.8 Å². The molecule has 1 heterocycles. The van der Waals surface area contributed by atoms with Crippen LogP contribution >= 0.6 is 28.1 Å². The molecular formula is C15H11BrFN3S. The van der Waals surface area contributed by atoms with Gasteiger partial charge in [0.05, 0.1) is 5.69 Å². The first-order valence-corrected chi connectivity index (χ1v) is 7.46. The number of nitrogens with zero attached hydrogens (tertiary/aromatic N) is 2. The standard InChI is InChI=1S/C15H11BrFN3S/c1-9-2-7-12(8-13(9)16)20-14(18-19-15(20)21)10-3-5-11(17)6-4-10/h2-8H,1H3,(H,19,21). The average molecular weight is 364 g/mol. The van der Waals surface area contributed by atoms with E-state index in [0.29, 0.717) is 10.6 Å². The third-order valence-corrected chi connectivity index (χ3v) is 4.32. The minimum Gasteiger partial charge on any atom is -0.268 e. The van der Waals surface area contributed by atoms with Crippen molar-refractivity contribution in [3.05, 3.63) is 63.1 Å². The minimum absolute atomic E-state index is 0.280. The van der Waals surface area contributed by atoms with E-state index in [9.17, 15) is 4.39 Å². The van der Waals surface area contributed by atoms with Crippen LogP contribution in [0.5, 0.6) is 0 Å². The first-order valence-electron chi connectivity index (χ1n) is 6.26. The molecule has 0 aliphatic carbocycles. The molecule has 1 N–H and O–H groups in total. The molecule has 3 nitrogen and oxygen atoms in total. The van der Waals surface area contributed by atoms with Crippen LogP contribution in [0.25, 0.3) is 17.1 Å². The Kier molecular flexibility index (Phi) is 3.73. The number of hydrogen-bond acceptors (Lipinski definition) is 2. The van der Waals surface area contributed by atoms with Gasteiger partial charge in [0.1, 0.15) is 5.82 Å². The predicted molar refractivity (Wildman–Crippen MR) is 86.6 cm³/mol. The second kappa shape index (κ2) is 5.54. The Morgan fingerprint density at radius 3 is 2.57 bits per heavy atom. The topological polar surface area (TPSA) is 33.6 Å². The Labute approximate surface area is 134 Å². The number of aryl methyl sites for hydroxylation is 1. The van der Waals surface area contributed by atoms with Crippen LogP contribution in [0.2, 0.25) is 0 Å². The van der Waals surface area contributed by atoms with E-state index >= 15 is 0 Å². The third kappa shape index (κ3) is 2.69. The van der Waals surface area contributed by atoms with Crippen LogP contribution in [0, 0.1) is 17.5 Å². The molecular weight excluding hydrogens is 353 g/mol. The number of nitrogens with one attached hydrogen (secondary N) is 1. The predicted octanol–water partition coefficient (Wildman–Crippen LogP) is 4.81. The second-order valence-corrected chi connectivity index (χ2v) is 5.87. The van der Waals surface area contributed by atoms with E-state index in [1.54, 1.807) is 12.1 Å². The van der Waals surface area contributed by atoms with E-state index in [-0.39, 0.29) is 5.82 Å². The maximum atomic E-state index is 13.1. The van der Waals surface area contributed by atoms with Gasteiger partial charge in [-0.15, -0.1) is 0 Å². The van der Waals surface area contributed by atoms with E-state index in [4.69, 9.17) is 12.2 Å². The van der Waals surface area contributed by atoms with Gasteiger partial charge in [0.2, 0.25) is 0 Å². The molecule has 0 radical (unpaired) electrons. The first-order chi connectivity index (χ1) is 10.1. The zero-order chi connectivity index (χ0) is 15.0. The molecule has 0 saturated heterocycles. The maximum absolute atomic E-state index is 13.1. The fourth-order valence-corrected chi connectivity index (χ4v) is 2.65. The van der Waals surface area contributed by atoms with Gasteiger partial charge in [0, 0.05) is 10.0 Å². The lowest BCUT2D eigenvalue weighted by Crippen LogP contribution is -1.98.